The first-order chi connectivity index (χ1) is 9.69. The third-order valence-corrected chi connectivity index (χ3v) is 2.69. The van der Waals surface area contributed by atoms with E-state index in [0.717, 1.165) is 5.69 Å². The van der Waals surface area contributed by atoms with Crippen LogP contribution in [0.25, 0.3) is 0 Å². The molecule has 2 aromatic rings. The minimum Gasteiger partial charge on any atom is -0.462 e. The molecule has 0 spiro atoms. The van der Waals surface area contributed by atoms with Crippen molar-refractivity contribution in [3.8, 4) is 0 Å². The summed E-state index contributed by atoms with van der Waals surface area (Å²) in [5.74, 6) is -0.479. The first-order valence-electron chi connectivity index (χ1n) is 6.38. The summed E-state index contributed by atoms with van der Waals surface area (Å²) in [7, 11) is 0. The molecule has 0 fully saturated rings. The zero-order chi connectivity index (χ0) is 14.4. The lowest BCUT2D eigenvalue weighted by atomic mass is 10.2. The number of amides is 1. The number of aromatic nitrogens is 1. The second-order valence-corrected chi connectivity index (χ2v) is 4.22. The molecule has 20 heavy (non-hydrogen) atoms. The molecule has 2 rings (SSSR count). The average Bonchev–Trinajstić information content (AvgIpc) is 2.92. The summed E-state index contributed by atoms with van der Waals surface area (Å²) in [6.45, 7) is 2.10. The smallest absolute Gasteiger partial charge is 0.338 e. The van der Waals surface area contributed by atoms with Gasteiger partial charge < -0.3 is 15.0 Å². The van der Waals surface area contributed by atoms with Gasteiger partial charge in [0.25, 0.3) is 0 Å². The van der Waals surface area contributed by atoms with Gasteiger partial charge in [0.2, 0.25) is 5.91 Å². The highest BCUT2D eigenvalue weighted by Gasteiger charge is 2.07. The molecular formula is C15H16N2O3. The Kier molecular flexibility index (Phi) is 4.55. The molecule has 1 aromatic carbocycles. The number of benzene rings is 1. The average molecular weight is 272 g/mol. The Morgan fingerprint density at radius 2 is 1.95 bits per heavy atom. The van der Waals surface area contributed by atoms with Crippen LogP contribution in [0.5, 0.6) is 0 Å². The normalized spacial score (nSPS) is 10.1. The van der Waals surface area contributed by atoms with Crippen LogP contribution >= 0.6 is 0 Å². The maximum atomic E-state index is 11.8. The molecule has 0 aliphatic rings. The summed E-state index contributed by atoms with van der Waals surface area (Å²) in [6, 6.07) is 10.3. The van der Waals surface area contributed by atoms with Crippen molar-refractivity contribution in [2.24, 2.45) is 0 Å². The highest BCUT2D eigenvalue weighted by molar-refractivity contribution is 5.93. The van der Waals surface area contributed by atoms with Crippen LogP contribution in [0.2, 0.25) is 0 Å². The first-order valence-corrected chi connectivity index (χ1v) is 6.38. The number of anilines is 1. The summed E-state index contributed by atoms with van der Waals surface area (Å²) < 4.78 is 4.89. The van der Waals surface area contributed by atoms with Crippen LogP contribution in [0, 0.1) is 0 Å². The van der Waals surface area contributed by atoms with Gasteiger partial charge in [-0.15, -0.1) is 0 Å². The van der Waals surface area contributed by atoms with Crippen LogP contribution in [0.4, 0.5) is 5.69 Å². The number of esters is 1. The van der Waals surface area contributed by atoms with Crippen molar-refractivity contribution in [2.75, 3.05) is 11.9 Å². The predicted molar refractivity (Wildman–Crippen MR) is 75.5 cm³/mol. The Bertz CT molecular complexity index is 574. The van der Waals surface area contributed by atoms with Crippen molar-refractivity contribution >= 4 is 17.6 Å². The van der Waals surface area contributed by atoms with Crippen LogP contribution in [0.3, 0.4) is 0 Å². The molecule has 0 unspecified atom stereocenters. The summed E-state index contributed by atoms with van der Waals surface area (Å²) in [4.78, 5) is 26.2. The molecule has 1 aromatic heterocycles. The Balaban J connectivity index is 1.93. The molecule has 104 valence electrons. The summed E-state index contributed by atoms with van der Waals surface area (Å²) >= 11 is 0. The quantitative estimate of drug-likeness (QED) is 0.821. The third kappa shape index (κ3) is 3.71. The Hall–Kier alpha value is -2.56. The molecule has 2 N–H and O–H groups in total. The number of aromatic amines is 1. The maximum absolute atomic E-state index is 11.8. The largest absolute Gasteiger partial charge is 0.462 e. The fourth-order valence-corrected chi connectivity index (χ4v) is 1.76. The minimum absolute atomic E-state index is 0.115. The van der Waals surface area contributed by atoms with Gasteiger partial charge in [-0.3, -0.25) is 4.79 Å². The number of H-pyrrole nitrogens is 1. The lowest BCUT2D eigenvalue weighted by Crippen LogP contribution is -2.14. The molecule has 0 aliphatic carbocycles. The van der Waals surface area contributed by atoms with Crippen molar-refractivity contribution in [3.05, 3.63) is 53.9 Å². The number of nitrogens with one attached hydrogen (secondary N) is 2. The number of carbonyl (C=O) groups is 2. The molecule has 5 heteroatoms. The van der Waals surface area contributed by atoms with E-state index < -0.39 is 0 Å². The van der Waals surface area contributed by atoms with Crippen molar-refractivity contribution < 1.29 is 14.3 Å². The molecule has 0 saturated heterocycles. The number of ether oxygens (including phenoxy) is 1. The molecule has 0 radical (unpaired) electrons. The van der Waals surface area contributed by atoms with Gasteiger partial charge in [-0.1, -0.05) is 0 Å². The molecule has 0 atom stereocenters. The predicted octanol–water partition coefficient (Wildman–Crippen LogP) is 2.37. The summed E-state index contributed by atoms with van der Waals surface area (Å²) in [5, 5.41) is 2.77. The van der Waals surface area contributed by atoms with E-state index in [2.05, 4.69) is 10.3 Å². The monoisotopic (exact) mass is 272 g/mol. The Labute approximate surface area is 117 Å². The first kappa shape index (κ1) is 13.9. The fraction of sp³-hybridized carbons (Fsp3) is 0.200. The van der Waals surface area contributed by atoms with Gasteiger partial charge in [0.05, 0.1) is 18.6 Å². The molecule has 5 nitrogen and oxygen atoms in total. The number of hydrogen-bond donors (Lipinski definition) is 2. The topological polar surface area (TPSA) is 71.2 Å². The van der Waals surface area contributed by atoms with Gasteiger partial charge in [0.15, 0.2) is 0 Å². The summed E-state index contributed by atoms with van der Waals surface area (Å²) in [6.07, 6.45) is 2.06. The van der Waals surface area contributed by atoms with E-state index in [-0.39, 0.29) is 18.3 Å². The number of carbonyl (C=O) groups excluding carboxylic acids is 2. The summed E-state index contributed by atoms with van der Waals surface area (Å²) in [5.41, 5.74) is 1.97. The Morgan fingerprint density at radius 3 is 2.55 bits per heavy atom. The van der Waals surface area contributed by atoms with Gasteiger partial charge in [-0.25, -0.2) is 4.79 Å². The van der Waals surface area contributed by atoms with E-state index >= 15 is 0 Å². The molecule has 1 heterocycles. The van der Waals surface area contributed by atoms with Crippen molar-refractivity contribution in [2.45, 2.75) is 13.3 Å². The maximum Gasteiger partial charge on any atom is 0.338 e. The molecule has 0 bridgehead atoms. The molecule has 0 saturated carbocycles. The number of hydrogen-bond acceptors (Lipinski definition) is 3. The van der Waals surface area contributed by atoms with Crippen LogP contribution < -0.4 is 5.32 Å². The highest BCUT2D eigenvalue weighted by atomic mass is 16.5. The molecular weight excluding hydrogens is 256 g/mol. The van der Waals surface area contributed by atoms with Crippen LogP contribution in [-0.4, -0.2) is 23.5 Å². The standard InChI is InChI=1S/C15H16N2O3/c1-2-20-15(19)11-5-7-12(8-6-11)17-14(18)10-13-4-3-9-16-13/h3-9,16H,2,10H2,1H3,(H,17,18). The highest BCUT2D eigenvalue weighted by Crippen LogP contribution is 2.11. The van der Waals surface area contributed by atoms with Gasteiger partial charge in [-0.2, -0.15) is 0 Å². The van der Waals surface area contributed by atoms with E-state index in [0.29, 0.717) is 17.9 Å². The SMILES string of the molecule is CCOC(=O)c1ccc(NC(=O)Cc2ccc[nH]2)cc1. The fourth-order valence-electron chi connectivity index (χ4n) is 1.76. The van der Waals surface area contributed by atoms with Crippen molar-refractivity contribution in [3.63, 3.8) is 0 Å². The van der Waals surface area contributed by atoms with Gasteiger partial charge >= 0.3 is 5.97 Å². The van der Waals surface area contributed by atoms with E-state index in [4.69, 9.17) is 4.74 Å². The molecule has 0 aliphatic heterocycles. The zero-order valence-electron chi connectivity index (χ0n) is 11.2. The lowest BCUT2D eigenvalue weighted by molar-refractivity contribution is -0.115. The van der Waals surface area contributed by atoms with Crippen molar-refractivity contribution in [1.82, 2.24) is 4.98 Å². The van der Waals surface area contributed by atoms with Gasteiger partial charge in [0, 0.05) is 17.6 Å². The van der Waals surface area contributed by atoms with E-state index in [1.807, 2.05) is 12.1 Å². The van der Waals surface area contributed by atoms with Crippen LogP contribution in [0.15, 0.2) is 42.6 Å². The van der Waals surface area contributed by atoms with Gasteiger partial charge in [0.1, 0.15) is 0 Å². The Morgan fingerprint density at radius 1 is 1.20 bits per heavy atom. The van der Waals surface area contributed by atoms with Gasteiger partial charge in [-0.05, 0) is 43.3 Å². The van der Waals surface area contributed by atoms with Crippen LogP contribution in [-0.2, 0) is 16.0 Å². The molecule has 1 amide bonds. The van der Waals surface area contributed by atoms with Crippen molar-refractivity contribution in [1.29, 1.82) is 0 Å². The number of rotatable bonds is 5. The van der Waals surface area contributed by atoms with E-state index in [1.54, 1.807) is 37.4 Å². The second kappa shape index (κ2) is 6.56. The lowest BCUT2D eigenvalue weighted by Gasteiger charge is -2.06. The van der Waals surface area contributed by atoms with Crippen LogP contribution in [0.1, 0.15) is 23.0 Å². The zero-order valence-corrected chi connectivity index (χ0v) is 11.2. The minimum atomic E-state index is -0.364. The third-order valence-electron chi connectivity index (χ3n) is 2.69. The second-order valence-electron chi connectivity index (χ2n) is 4.22. The van der Waals surface area contributed by atoms with E-state index in [1.165, 1.54) is 0 Å². The van der Waals surface area contributed by atoms with E-state index in [9.17, 15) is 9.59 Å².